The second kappa shape index (κ2) is 8.98. The molecule has 1 aliphatic rings. The predicted molar refractivity (Wildman–Crippen MR) is 119 cm³/mol. The number of carbonyl (C=O) groups is 2. The topological polar surface area (TPSA) is 71.1 Å². The summed E-state index contributed by atoms with van der Waals surface area (Å²) in [4.78, 5) is 29.3. The van der Waals surface area contributed by atoms with Crippen LogP contribution in [0.2, 0.25) is 5.02 Å². The number of anilines is 1. The minimum atomic E-state index is -0.231. The summed E-state index contributed by atoms with van der Waals surface area (Å²) < 4.78 is 0.737. The molecular weight excluding hydrogens is 426 g/mol. The first kappa shape index (κ1) is 19.9. The van der Waals surface area contributed by atoms with E-state index in [1.54, 1.807) is 24.3 Å². The Labute approximate surface area is 181 Å². The van der Waals surface area contributed by atoms with Gasteiger partial charge >= 0.3 is 0 Å². The number of nitrogens with zero attached hydrogens (tertiary/aromatic N) is 1. The van der Waals surface area contributed by atoms with E-state index < -0.39 is 0 Å². The molecule has 3 aromatic rings. The van der Waals surface area contributed by atoms with Gasteiger partial charge < -0.3 is 10.6 Å². The Morgan fingerprint density at radius 1 is 1.10 bits per heavy atom. The first-order valence-corrected chi connectivity index (χ1v) is 11.3. The maximum absolute atomic E-state index is 12.7. The lowest BCUT2D eigenvalue weighted by atomic mass is 10.1. The Kier molecular flexibility index (Phi) is 6.18. The van der Waals surface area contributed by atoms with E-state index >= 15 is 0 Å². The number of hydrogen-bond donors (Lipinski definition) is 2. The van der Waals surface area contributed by atoms with E-state index in [0.29, 0.717) is 33.1 Å². The monoisotopic (exact) mass is 443 g/mol. The zero-order valence-electron chi connectivity index (χ0n) is 15.4. The minimum absolute atomic E-state index is 0.0145. The molecule has 0 radical (unpaired) electrons. The van der Waals surface area contributed by atoms with Gasteiger partial charge in [-0.25, -0.2) is 4.98 Å². The zero-order chi connectivity index (χ0) is 20.2. The Hall–Kier alpha value is -2.35. The molecule has 0 bridgehead atoms. The maximum atomic E-state index is 12.7. The van der Waals surface area contributed by atoms with Crippen LogP contribution in [0, 0.1) is 0 Å². The molecule has 1 aliphatic carbocycles. The van der Waals surface area contributed by atoms with Crippen LogP contribution in [-0.4, -0.2) is 28.6 Å². The number of thioether (sulfide) groups is 1. The molecule has 5 nitrogen and oxygen atoms in total. The largest absolute Gasteiger partial charge is 0.353 e. The van der Waals surface area contributed by atoms with Crippen LogP contribution in [0.25, 0.3) is 11.3 Å². The standard InChI is InChI=1S/C21H18ClN3O2S2/c22-15-8-6-14(7-9-15)19(27)25-20-18(13-4-2-1-3-5-13)24-21(29-20)28-12-17(26)23-16-10-11-16/h1-9,16H,10-12H2,(H,23,26)(H,25,27). The second-order valence-electron chi connectivity index (χ2n) is 6.62. The fraction of sp³-hybridized carbons (Fsp3) is 0.190. The summed E-state index contributed by atoms with van der Waals surface area (Å²) in [6.07, 6.45) is 2.12. The van der Waals surface area contributed by atoms with Crippen molar-refractivity contribution in [3.05, 3.63) is 65.2 Å². The van der Waals surface area contributed by atoms with Gasteiger partial charge in [-0.3, -0.25) is 9.59 Å². The molecule has 4 rings (SSSR count). The highest BCUT2D eigenvalue weighted by molar-refractivity contribution is 8.01. The number of amides is 2. The van der Waals surface area contributed by atoms with Crippen molar-refractivity contribution < 1.29 is 9.59 Å². The number of rotatable bonds is 7. The highest BCUT2D eigenvalue weighted by Crippen LogP contribution is 2.38. The van der Waals surface area contributed by atoms with E-state index in [-0.39, 0.29) is 11.8 Å². The molecule has 1 fully saturated rings. The van der Waals surface area contributed by atoms with E-state index in [9.17, 15) is 9.59 Å². The van der Waals surface area contributed by atoms with Gasteiger partial charge in [-0.2, -0.15) is 0 Å². The Bertz CT molecular complexity index is 1020. The van der Waals surface area contributed by atoms with Crippen LogP contribution < -0.4 is 10.6 Å². The normalized spacial score (nSPS) is 13.1. The fourth-order valence-corrected chi connectivity index (χ4v) is 4.64. The van der Waals surface area contributed by atoms with Crippen LogP contribution in [0.15, 0.2) is 58.9 Å². The summed E-state index contributed by atoms with van der Waals surface area (Å²) in [6, 6.07) is 16.7. The van der Waals surface area contributed by atoms with Crippen molar-refractivity contribution in [1.29, 1.82) is 0 Å². The van der Waals surface area contributed by atoms with E-state index in [2.05, 4.69) is 15.6 Å². The van der Waals surface area contributed by atoms with Gasteiger partial charge in [-0.15, -0.1) is 0 Å². The lowest BCUT2D eigenvalue weighted by Crippen LogP contribution is -2.26. The van der Waals surface area contributed by atoms with E-state index in [0.717, 1.165) is 22.7 Å². The third-order valence-electron chi connectivity index (χ3n) is 4.26. The number of thiazole rings is 1. The van der Waals surface area contributed by atoms with Crippen LogP contribution in [0.1, 0.15) is 23.2 Å². The summed E-state index contributed by atoms with van der Waals surface area (Å²) in [5.74, 6) is 0.0919. The molecular formula is C21H18ClN3O2S2. The van der Waals surface area contributed by atoms with Crippen molar-refractivity contribution in [2.75, 3.05) is 11.1 Å². The van der Waals surface area contributed by atoms with E-state index in [1.165, 1.54) is 23.1 Å². The van der Waals surface area contributed by atoms with Gasteiger partial charge in [0, 0.05) is 22.2 Å². The molecule has 0 saturated heterocycles. The van der Waals surface area contributed by atoms with E-state index in [1.807, 2.05) is 30.3 Å². The highest BCUT2D eigenvalue weighted by atomic mass is 35.5. The second-order valence-corrected chi connectivity index (χ2v) is 9.27. The van der Waals surface area contributed by atoms with Gasteiger partial charge in [-0.1, -0.05) is 65.0 Å². The molecule has 29 heavy (non-hydrogen) atoms. The smallest absolute Gasteiger partial charge is 0.256 e. The molecule has 148 valence electrons. The van der Waals surface area contributed by atoms with Gasteiger partial charge in [0.1, 0.15) is 10.7 Å². The van der Waals surface area contributed by atoms with Crippen LogP contribution in [0.5, 0.6) is 0 Å². The molecule has 1 aromatic heterocycles. The van der Waals surface area contributed by atoms with Gasteiger partial charge in [0.2, 0.25) is 5.91 Å². The van der Waals surface area contributed by atoms with Crippen LogP contribution >= 0.6 is 34.7 Å². The van der Waals surface area contributed by atoms with Crippen LogP contribution in [0.4, 0.5) is 5.00 Å². The van der Waals surface area contributed by atoms with Crippen molar-refractivity contribution in [3.8, 4) is 11.3 Å². The quantitative estimate of drug-likeness (QED) is 0.499. The molecule has 2 N–H and O–H groups in total. The van der Waals surface area contributed by atoms with Crippen molar-refractivity contribution >= 4 is 51.5 Å². The average Bonchev–Trinajstić information content (AvgIpc) is 3.45. The third kappa shape index (κ3) is 5.38. The summed E-state index contributed by atoms with van der Waals surface area (Å²) in [6.45, 7) is 0. The molecule has 2 amide bonds. The number of aromatic nitrogens is 1. The number of benzene rings is 2. The predicted octanol–water partition coefficient (Wildman–Crippen LogP) is 5.09. The molecule has 8 heteroatoms. The van der Waals surface area contributed by atoms with Gasteiger partial charge in [0.05, 0.1) is 5.75 Å². The number of nitrogens with one attached hydrogen (secondary N) is 2. The first-order chi connectivity index (χ1) is 14.1. The third-order valence-corrected chi connectivity index (χ3v) is 6.62. The number of halogens is 1. The van der Waals surface area contributed by atoms with Gasteiger partial charge in [0.25, 0.3) is 5.91 Å². The zero-order valence-corrected chi connectivity index (χ0v) is 17.7. The molecule has 0 atom stereocenters. The number of hydrogen-bond acceptors (Lipinski definition) is 5. The summed E-state index contributed by atoms with van der Waals surface area (Å²) >= 11 is 8.66. The maximum Gasteiger partial charge on any atom is 0.256 e. The van der Waals surface area contributed by atoms with Gasteiger partial charge in [-0.05, 0) is 37.1 Å². The lowest BCUT2D eigenvalue weighted by molar-refractivity contribution is -0.118. The van der Waals surface area contributed by atoms with Crippen molar-refractivity contribution in [1.82, 2.24) is 10.3 Å². The molecule has 1 saturated carbocycles. The van der Waals surface area contributed by atoms with Gasteiger partial charge in [0.15, 0.2) is 4.34 Å². The Balaban J connectivity index is 1.53. The molecule has 0 spiro atoms. The SMILES string of the molecule is O=C(CSc1nc(-c2ccccc2)c(NC(=O)c2ccc(Cl)cc2)s1)NC1CC1. The van der Waals surface area contributed by atoms with E-state index in [4.69, 9.17) is 11.6 Å². The lowest BCUT2D eigenvalue weighted by Gasteiger charge is -2.05. The van der Waals surface area contributed by atoms with Crippen molar-refractivity contribution in [2.45, 2.75) is 23.2 Å². The summed E-state index contributed by atoms with van der Waals surface area (Å²) in [7, 11) is 0. The number of carbonyl (C=O) groups excluding carboxylic acids is 2. The van der Waals surface area contributed by atoms with Crippen LogP contribution in [-0.2, 0) is 4.79 Å². The minimum Gasteiger partial charge on any atom is -0.353 e. The molecule has 1 heterocycles. The van der Waals surface area contributed by atoms with Crippen LogP contribution in [0.3, 0.4) is 0 Å². The Morgan fingerprint density at radius 2 is 1.83 bits per heavy atom. The molecule has 2 aromatic carbocycles. The first-order valence-electron chi connectivity index (χ1n) is 9.14. The molecule has 0 aliphatic heterocycles. The van der Waals surface area contributed by atoms with Crippen molar-refractivity contribution in [3.63, 3.8) is 0 Å². The highest BCUT2D eigenvalue weighted by Gasteiger charge is 2.23. The summed E-state index contributed by atoms with van der Waals surface area (Å²) in [5.41, 5.74) is 2.12. The summed E-state index contributed by atoms with van der Waals surface area (Å²) in [5, 5.41) is 7.16. The Morgan fingerprint density at radius 3 is 2.52 bits per heavy atom. The average molecular weight is 444 g/mol. The molecule has 0 unspecified atom stereocenters. The van der Waals surface area contributed by atoms with Crippen molar-refractivity contribution in [2.24, 2.45) is 0 Å². The fourth-order valence-electron chi connectivity index (χ4n) is 2.64.